The zero-order valence-corrected chi connectivity index (χ0v) is 22.5. The average molecular weight is 553 g/mol. The highest BCUT2D eigenvalue weighted by molar-refractivity contribution is 6.13. The standard InChI is InChI=1S/C28H28N10O3/c1-14-5-6-29-25(32-14)18-8-19(18)27(40)35-23-9-22(30-13-31-23)33-15(2)20-11-37-10-17(16-3-4-16)7-21(26(37)34-20)38-12-24(39)36-28(38)41/h5-7,9-11,13,15-16,18-19H,3-4,8,12H2,1-2H3,(H,36,39,41)(H2,30,31,33,35,40)/t15-,18?,19?/m1/s1. The van der Waals surface area contributed by atoms with Crippen molar-refractivity contribution in [1.29, 1.82) is 0 Å². The van der Waals surface area contributed by atoms with E-state index >= 15 is 0 Å². The van der Waals surface area contributed by atoms with Crippen LogP contribution in [-0.4, -0.2) is 53.7 Å². The monoisotopic (exact) mass is 552 g/mol. The van der Waals surface area contributed by atoms with E-state index in [0.717, 1.165) is 29.8 Å². The minimum atomic E-state index is -0.444. The van der Waals surface area contributed by atoms with E-state index in [2.05, 4.69) is 35.9 Å². The van der Waals surface area contributed by atoms with Crippen LogP contribution < -0.4 is 20.9 Å². The largest absolute Gasteiger partial charge is 0.362 e. The SMILES string of the molecule is Cc1ccnc(C2CC2C(=O)Nc2cc(N[C@H](C)c3cn4cc(C5CC5)cc(N5CC(=O)NC5=O)c4n3)ncn2)n1. The minimum Gasteiger partial charge on any atom is -0.362 e. The van der Waals surface area contributed by atoms with Gasteiger partial charge < -0.3 is 15.0 Å². The van der Waals surface area contributed by atoms with E-state index in [0.29, 0.717) is 41.1 Å². The van der Waals surface area contributed by atoms with Crippen LogP contribution in [0.25, 0.3) is 5.65 Å². The number of nitrogens with zero attached hydrogens (tertiary/aromatic N) is 7. The fourth-order valence-electron chi connectivity index (χ4n) is 5.24. The lowest BCUT2D eigenvalue weighted by Crippen LogP contribution is -2.28. The second-order valence-corrected chi connectivity index (χ2v) is 10.9. The molecule has 4 aromatic rings. The van der Waals surface area contributed by atoms with Crippen molar-refractivity contribution in [2.75, 3.05) is 22.1 Å². The zero-order chi connectivity index (χ0) is 28.2. The summed E-state index contributed by atoms with van der Waals surface area (Å²) in [5, 5.41) is 8.56. The Morgan fingerprint density at radius 1 is 1.10 bits per heavy atom. The number of imidazole rings is 1. The summed E-state index contributed by atoms with van der Waals surface area (Å²) in [6, 6.07) is 4.78. The van der Waals surface area contributed by atoms with Gasteiger partial charge in [0.05, 0.1) is 17.4 Å². The van der Waals surface area contributed by atoms with Crippen molar-refractivity contribution >= 4 is 40.8 Å². The number of carbonyl (C=O) groups is 3. The highest BCUT2D eigenvalue weighted by atomic mass is 16.2. The Balaban J connectivity index is 1.07. The molecule has 0 bridgehead atoms. The van der Waals surface area contributed by atoms with Crippen LogP contribution in [0.2, 0.25) is 0 Å². The van der Waals surface area contributed by atoms with Crippen molar-refractivity contribution in [2.45, 2.75) is 51.0 Å². The smallest absolute Gasteiger partial charge is 0.329 e. The van der Waals surface area contributed by atoms with Crippen LogP contribution in [0.3, 0.4) is 0 Å². The first-order chi connectivity index (χ1) is 19.8. The van der Waals surface area contributed by atoms with Crippen molar-refractivity contribution in [3.63, 3.8) is 0 Å². The maximum absolute atomic E-state index is 12.8. The molecule has 2 saturated carbocycles. The molecule has 41 heavy (non-hydrogen) atoms. The van der Waals surface area contributed by atoms with Crippen LogP contribution in [0.5, 0.6) is 0 Å². The molecule has 4 amide bonds. The number of aryl methyl sites for hydroxylation is 1. The lowest BCUT2D eigenvalue weighted by molar-refractivity contribution is -0.118. The van der Waals surface area contributed by atoms with Crippen LogP contribution >= 0.6 is 0 Å². The molecule has 13 nitrogen and oxygen atoms in total. The van der Waals surface area contributed by atoms with E-state index in [1.54, 1.807) is 12.3 Å². The maximum Gasteiger partial charge on any atom is 0.329 e. The summed E-state index contributed by atoms with van der Waals surface area (Å²) in [4.78, 5) is 60.7. The minimum absolute atomic E-state index is 0.0134. The van der Waals surface area contributed by atoms with Crippen molar-refractivity contribution in [3.05, 3.63) is 65.9 Å². The average Bonchev–Trinajstić information content (AvgIpc) is 3.86. The molecule has 5 heterocycles. The molecule has 3 atom stereocenters. The van der Waals surface area contributed by atoms with Crippen LogP contribution in [0, 0.1) is 12.8 Å². The molecule has 0 radical (unpaired) electrons. The van der Waals surface area contributed by atoms with E-state index in [1.807, 2.05) is 42.8 Å². The highest BCUT2D eigenvalue weighted by Crippen LogP contribution is 2.46. The van der Waals surface area contributed by atoms with Gasteiger partial charge in [0.1, 0.15) is 30.3 Å². The first-order valence-corrected chi connectivity index (χ1v) is 13.7. The second-order valence-electron chi connectivity index (χ2n) is 10.9. The molecule has 208 valence electrons. The highest BCUT2D eigenvalue weighted by Gasteiger charge is 2.46. The molecule has 1 saturated heterocycles. The first kappa shape index (κ1) is 25.1. The van der Waals surface area contributed by atoms with E-state index in [1.165, 1.54) is 11.2 Å². The molecule has 1 aliphatic heterocycles. The summed E-state index contributed by atoms with van der Waals surface area (Å²) < 4.78 is 1.92. The third kappa shape index (κ3) is 4.94. The molecule has 0 aromatic carbocycles. The molecule has 2 aliphatic carbocycles. The van der Waals surface area contributed by atoms with Crippen LogP contribution in [0.4, 0.5) is 22.1 Å². The van der Waals surface area contributed by atoms with E-state index in [-0.39, 0.29) is 36.2 Å². The first-order valence-electron chi connectivity index (χ1n) is 13.7. The van der Waals surface area contributed by atoms with Gasteiger partial charge in [-0.2, -0.15) is 0 Å². The number of carbonyl (C=O) groups excluding carboxylic acids is 3. The van der Waals surface area contributed by atoms with Gasteiger partial charge in [-0.05, 0) is 56.7 Å². The molecular formula is C28H28N10O3. The van der Waals surface area contributed by atoms with Crippen LogP contribution in [-0.2, 0) is 9.59 Å². The van der Waals surface area contributed by atoms with Gasteiger partial charge in [0.2, 0.25) is 11.8 Å². The van der Waals surface area contributed by atoms with Crippen molar-refractivity contribution < 1.29 is 14.4 Å². The Kier molecular flexibility index (Phi) is 5.87. The molecule has 7 rings (SSSR count). The second kappa shape index (κ2) is 9.61. The summed E-state index contributed by atoms with van der Waals surface area (Å²) in [5.74, 6) is 1.43. The predicted octanol–water partition coefficient (Wildman–Crippen LogP) is 3.07. The number of hydrogen-bond acceptors (Lipinski definition) is 9. The Labute approximate surface area is 234 Å². The normalized spacial score (nSPS) is 20.7. The van der Waals surface area contributed by atoms with Gasteiger partial charge in [0, 0.05) is 42.2 Å². The number of pyridine rings is 1. The Hall–Kier alpha value is -4.94. The van der Waals surface area contributed by atoms with Gasteiger partial charge in [-0.15, -0.1) is 0 Å². The summed E-state index contributed by atoms with van der Waals surface area (Å²) in [6.07, 6.45) is 9.98. The van der Waals surface area contributed by atoms with Crippen molar-refractivity contribution in [1.82, 2.24) is 34.6 Å². The molecule has 3 aliphatic rings. The lowest BCUT2D eigenvalue weighted by atomic mass is 10.1. The van der Waals surface area contributed by atoms with Crippen LogP contribution in [0.15, 0.2) is 43.1 Å². The number of aromatic nitrogens is 6. The number of hydrogen-bond donors (Lipinski definition) is 3. The third-order valence-corrected chi connectivity index (χ3v) is 7.70. The van der Waals surface area contributed by atoms with Gasteiger partial charge >= 0.3 is 6.03 Å². The van der Waals surface area contributed by atoms with Gasteiger partial charge in [0.15, 0.2) is 5.65 Å². The number of nitrogens with one attached hydrogen (secondary N) is 3. The summed E-state index contributed by atoms with van der Waals surface area (Å²) in [6.45, 7) is 3.82. The van der Waals surface area contributed by atoms with Gasteiger partial charge in [-0.3, -0.25) is 19.8 Å². The molecule has 3 fully saturated rings. The molecular weight excluding hydrogens is 524 g/mol. The molecule has 4 aromatic heterocycles. The van der Waals surface area contributed by atoms with Gasteiger partial charge in [0.25, 0.3) is 0 Å². The van der Waals surface area contributed by atoms with Gasteiger partial charge in [-0.25, -0.2) is 29.7 Å². The maximum atomic E-state index is 12.8. The van der Waals surface area contributed by atoms with E-state index < -0.39 is 6.03 Å². The summed E-state index contributed by atoms with van der Waals surface area (Å²) in [5.41, 5.74) is 3.93. The fraction of sp³-hybridized carbons (Fsp3) is 0.357. The molecule has 13 heteroatoms. The van der Waals surface area contributed by atoms with Crippen molar-refractivity contribution in [3.8, 4) is 0 Å². The fourth-order valence-corrected chi connectivity index (χ4v) is 5.24. The topological polar surface area (TPSA) is 159 Å². The number of amides is 4. The van der Waals surface area contributed by atoms with Gasteiger partial charge in [-0.1, -0.05) is 0 Å². The van der Waals surface area contributed by atoms with Crippen molar-refractivity contribution in [2.24, 2.45) is 5.92 Å². The quantitative estimate of drug-likeness (QED) is 0.279. The van der Waals surface area contributed by atoms with Crippen LogP contribution in [0.1, 0.15) is 66.8 Å². The molecule has 2 unspecified atom stereocenters. The predicted molar refractivity (Wildman–Crippen MR) is 148 cm³/mol. The summed E-state index contributed by atoms with van der Waals surface area (Å²) >= 11 is 0. The Bertz CT molecular complexity index is 1710. The Morgan fingerprint density at radius 2 is 1.93 bits per heavy atom. The summed E-state index contributed by atoms with van der Waals surface area (Å²) in [7, 11) is 0. The number of anilines is 3. The molecule has 0 spiro atoms. The van der Waals surface area contributed by atoms with E-state index in [4.69, 9.17) is 4.98 Å². The number of imide groups is 1. The number of urea groups is 1. The number of fused-ring (bicyclic) bond motifs is 1. The number of rotatable bonds is 8. The third-order valence-electron chi connectivity index (χ3n) is 7.70. The zero-order valence-electron chi connectivity index (χ0n) is 22.5. The lowest BCUT2D eigenvalue weighted by Gasteiger charge is -2.16. The Morgan fingerprint density at radius 3 is 2.68 bits per heavy atom. The van der Waals surface area contributed by atoms with E-state index in [9.17, 15) is 14.4 Å². The molecule has 3 N–H and O–H groups in total.